The molecule has 0 saturated carbocycles. The second-order valence-electron chi connectivity index (χ2n) is 7.27. The third kappa shape index (κ3) is 4.97. The minimum absolute atomic E-state index is 0.0116. The molecule has 2 N–H and O–H groups in total. The molecule has 0 radical (unpaired) electrons. The van der Waals surface area contributed by atoms with Crippen molar-refractivity contribution in [1.29, 1.82) is 0 Å². The van der Waals surface area contributed by atoms with Crippen LogP contribution in [0.2, 0.25) is 0 Å². The van der Waals surface area contributed by atoms with Crippen LogP contribution in [0.25, 0.3) is 0 Å². The normalized spacial score (nSPS) is 12.2. The number of fused-ring (bicyclic) bond motifs is 1. The van der Waals surface area contributed by atoms with Crippen LogP contribution in [-0.4, -0.2) is 33.1 Å². The molecule has 0 saturated heterocycles. The number of hydrogen-bond donors (Lipinski definition) is 2. The summed E-state index contributed by atoms with van der Waals surface area (Å²) in [6.45, 7) is 0.493. The Labute approximate surface area is 188 Å². The van der Waals surface area contributed by atoms with Crippen LogP contribution in [0.3, 0.4) is 0 Å². The zero-order valence-corrected chi connectivity index (χ0v) is 17.9. The summed E-state index contributed by atoms with van der Waals surface area (Å²) in [5, 5.41) is 21.1. The first-order chi connectivity index (χ1) is 15.5. The molecule has 0 unspecified atom stereocenters. The van der Waals surface area contributed by atoms with E-state index in [1.165, 1.54) is 28.9 Å². The Hall–Kier alpha value is -3.66. The molecule has 1 aliphatic heterocycles. The Kier molecular flexibility index (Phi) is 6.50. The minimum atomic E-state index is -0.517. The number of thioether (sulfide) groups is 1. The van der Waals surface area contributed by atoms with Crippen molar-refractivity contribution in [1.82, 2.24) is 15.1 Å². The van der Waals surface area contributed by atoms with E-state index in [1.54, 1.807) is 11.8 Å². The predicted molar refractivity (Wildman–Crippen MR) is 121 cm³/mol. The van der Waals surface area contributed by atoms with Crippen LogP contribution in [0.5, 0.6) is 0 Å². The number of rotatable bonds is 8. The van der Waals surface area contributed by atoms with E-state index >= 15 is 0 Å². The summed E-state index contributed by atoms with van der Waals surface area (Å²) in [7, 11) is 0. The lowest BCUT2D eigenvalue weighted by atomic mass is 10.1. The van der Waals surface area contributed by atoms with Crippen LogP contribution in [0.15, 0.2) is 54.6 Å². The molecule has 3 aromatic rings. The quantitative estimate of drug-likeness (QED) is 0.401. The van der Waals surface area contributed by atoms with Gasteiger partial charge in [-0.3, -0.25) is 19.7 Å². The van der Waals surface area contributed by atoms with E-state index in [1.807, 2.05) is 30.3 Å². The highest BCUT2D eigenvalue weighted by atomic mass is 32.2. The molecule has 0 aliphatic carbocycles. The standard InChI is InChI=1S/C22H21N5O4S/c28-20(23-11-10-15-4-2-1-3-5-15)12-26-21(18-13-32-14-19(18)25-26)24-22(29)16-6-8-17(9-7-16)27(30)31/h1-9H,10-14H2,(H,23,28)(H,24,29). The zero-order chi connectivity index (χ0) is 22.5. The fraction of sp³-hybridized carbons (Fsp3) is 0.227. The van der Waals surface area contributed by atoms with Crippen molar-refractivity contribution in [3.8, 4) is 0 Å². The SMILES string of the molecule is O=C(Cn1nc2c(c1NC(=O)c1ccc([N+](=O)[O-])cc1)CSC2)NCCc1ccccc1. The maximum Gasteiger partial charge on any atom is 0.269 e. The lowest BCUT2D eigenvalue weighted by molar-refractivity contribution is -0.384. The topological polar surface area (TPSA) is 119 Å². The average Bonchev–Trinajstić information content (AvgIpc) is 3.37. The molecule has 10 heteroatoms. The van der Waals surface area contributed by atoms with Crippen molar-refractivity contribution in [2.24, 2.45) is 0 Å². The summed E-state index contributed by atoms with van der Waals surface area (Å²) in [5.41, 5.74) is 3.10. The number of carbonyl (C=O) groups excluding carboxylic acids is 2. The van der Waals surface area contributed by atoms with E-state index in [9.17, 15) is 19.7 Å². The molecule has 2 aromatic carbocycles. The van der Waals surface area contributed by atoms with Crippen LogP contribution in [0.1, 0.15) is 27.2 Å². The van der Waals surface area contributed by atoms with Crippen LogP contribution in [0.4, 0.5) is 11.5 Å². The summed E-state index contributed by atoms with van der Waals surface area (Å²) in [4.78, 5) is 35.5. The van der Waals surface area contributed by atoms with Gasteiger partial charge in [0.1, 0.15) is 12.4 Å². The summed E-state index contributed by atoms with van der Waals surface area (Å²) in [6, 6.07) is 15.3. The van der Waals surface area contributed by atoms with Gasteiger partial charge in [0.15, 0.2) is 0 Å². The minimum Gasteiger partial charge on any atom is -0.354 e. The zero-order valence-electron chi connectivity index (χ0n) is 17.1. The molecule has 9 nitrogen and oxygen atoms in total. The predicted octanol–water partition coefficient (Wildman–Crippen LogP) is 3.15. The second kappa shape index (κ2) is 9.65. The van der Waals surface area contributed by atoms with E-state index in [2.05, 4.69) is 15.7 Å². The largest absolute Gasteiger partial charge is 0.354 e. The molecular weight excluding hydrogens is 430 g/mol. The van der Waals surface area contributed by atoms with Gasteiger partial charge in [0.2, 0.25) is 5.91 Å². The molecule has 2 amide bonds. The summed E-state index contributed by atoms with van der Waals surface area (Å²) in [5.74, 6) is 1.30. The molecule has 1 aromatic heterocycles. The highest BCUT2D eigenvalue weighted by Crippen LogP contribution is 2.34. The van der Waals surface area contributed by atoms with Crippen LogP contribution < -0.4 is 10.6 Å². The van der Waals surface area contributed by atoms with Gasteiger partial charge >= 0.3 is 0 Å². The number of nitrogens with zero attached hydrogens (tertiary/aromatic N) is 3. The van der Waals surface area contributed by atoms with Gasteiger partial charge in [0.25, 0.3) is 11.6 Å². The highest BCUT2D eigenvalue weighted by Gasteiger charge is 2.25. The number of carbonyl (C=O) groups is 2. The Morgan fingerprint density at radius 2 is 1.84 bits per heavy atom. The van der Waals surface area contributed by atoms with Crippen molar-refractivity contribution in [3.05, 3.63) is 87.1 Å². The molecule has 2 heterocycles. The first kappa shape index (κ1) is 21.6. The fourth-order valence-corrected chi connectivity index (χ4v) is 4.45. The first-order valence-electron chi connectivity index (χ1n) is 10.0. The maximum absolute atomic E-state index is 12.7. The van der Waals surface area contributed by atoms with E-state index in [0.717, 1.165) is 29.0 Å². The Morgan fingerprint density at radius 3 is 2.56 bits per heavy atom. The number of benzene rings is 2. The van der Waals surface area contributed by atoms with Gasteiger partial charge in [-0.05, 0) is 24.1 Å². The van der Waals surface area contributed by atoms with Crippen molar-refractivity contribution >= 4 is 35.1 Å². The van der Waals surface area contributed by atoms with Crippen molar-refractivity contribution in [2.45, 2.75) is 24.5 Å². The lowest BCUT2D eigenvalue weighted by Crippen LogP contribution is -2.30. The van der Waals surface area contributed by atoms with Gasteiger partial charge < -0.3 is 10.6 Å². The Bertz CT molecular complexity index is 1150. The molecule has 0 bridgehead atoms. The van der Waals surface area contributed by atoms with Crippen LogP contribution in [0, 0.1) is 10.1 Å². The Balaban J connectivity index is 1.43. The third-order valence-electron chi connectivity index (χ3n) is 5.06. The number of aromatic nitrogens is 2. The van der Waals surface area contributed by atoms with Gasteiger partial charge in [-0.15, -0.1) is 0 Å². The molecule has 0 spiro atoms. The number of amides is 2. The molecule has 0 atom stereocenters. The second-order valence-corrected chi connectivity index (χ2v) is 8.25. The van der Waals surface area contributed by atoms with Crippen molar-refractivity contribution in [3.63, 3.8) is 0 Å². The van der Waals surface area contributed by atoms with Gasteiger partial charge in [-0.2, -0.15) is 16.9 Å². The van der Waals surface area contributed by atoms with Gasteiger partial charge in [-0.25, -0.2) is 4.68 Å². The van der Waals surface area contributed by atoms with Gasteiger partial charge in [-0.1, -0.05) is 30.3 Å². The number of hydrogen-bond acceptors (Lipinski definition) is 6. The molecule has 0 fully saturated rings. The van der Waals surface area contributed by atoms with E-state index < -0.39 is 10.8 Å². The van der Waals surface area contributed by atoms with Crippen molar-refractivity contribution < 1.29 is 14.5 Å². The highest BCUT2D eigenvalue weighted by molar-refractivity contribution is 7.98. The lowest BCUT2D eigenvalue weighted by Gasteiger charge is -2.11. The third-order valence-corrected chi connectivity index (χ3v) is 6.03. The van der Waals surface area contributed by atoms with E-state index in [0.29, 0.717) is 18.1 Å². The number of nitrogens with one attached hydrogen (secondary N) is 2. The number of anilines is 1. The number of nitro benzene ring substituents is 1. The molecule has 4 rings (SSSR count). The number of non-ortho nitro benzene ring substituents is 1. The monoisotopic (exact) mass is 451 g/mol. The maximum atomic E-state index is 12.7. The van der Waals surface area contributed by atoms with Gasteiger partial charge in [0, 0.05) is 41.3 Å². The van der Waals surface area contributed by atoms with Crippen molar-refractivity contribution in [2.75, 3.05) is 11.9 Å². The Morgan fingerprint density at radius 1 is 1.09 bits per heavy atom. The molecule has 32 heavy (non-hydrogen) atoms. The average molecular weight is 452 g/mol. The molecular formula is C22H21N5O4S. The van der Waals surface area contributed by atoms with E-state index in [4.69, 9.17) is 0 Å². The summed E-state index contributed by atoms with van der Waals surface area (Å²) < 4.78 is 1.52. The molecule has 1 aliphatic rings. The first-order valence-corrected chi connectivity index (χ1v) is 11.2. The summed E-state index contributed by atoms with van der Waals surface area (Å²) >= 11 is 1.69. The number of nitro groups is 1. The molecule has 164 valence electrons. The fourth-order valence-electron chi connectivity index (χ4n) is 3.42. The smallest absolute Gasteiger partial charge is 0.269 e. The summed E-state index contributed by atoms with van der Waals surface area (Å²) in [6.07, 6.45) is 0.725. The van der Waals surface area contributed by atoms with Gasteiger partial charge in [0.05, 0.1) is 10.6 Å². The van der Waals surface area contributed by atoms with E-state index in [-0.39, 0.29) is 23.7 Å². The van der Waals surface area contributed by atoms with Crippen LogP contribution >= 0.6 is 11.8 Å². The van der Waals surface area contributed by atoms with Crippen LogP contribution in [-0.2, 0) is 29.3 Å².